The molecule has 0 aromatic carbocycles. The van der Waals surface area contributed by atoms with Crippen LogP contribution in [-0.4, -0.2) is 28.5 Å². The van der Waals surface area contributed by atoms with Gasteiger partial charge in [0.25, 0.3) is 5.91 Å². The van der Waals surface area contributed by atoms with Gasteiger partial charge in [0.2, 0.25) is 0 Å². The van der Waals surface area contributed by atoms with Crippen molar-refractivity contribution >= 4 is 21.8 Å². The molecule has 104 valence electrons. The molecule has 0 N–H and O–H groups in total. The van der Waals surface area contributed by atoms with Crippen molar-refractivity contribution in [2.24, 2.45) is 11.8 Å². The summed E-state index contributed by atoms with van der Waals surface area (Å²) in [6.45, 7) is 4.84. The molecule has 0 radical (unpaired) electrons. The summed E-state index contributed by atoms with van der Waals surface area (Å²) < 4.78 is 3.03. The van der Waals surface area contributed by atoms with Gasteiger partial charge in [-0.3, -0.25) is 4.79 Å². The van der Waals surface area contributed by atoms with E-state index in [-0.39, 0.29) is 5.91 Å². The maximum absolute atomic E-state index is 12.7. The zero-order chi connectivity index (χ0) is 13.4. The summed E-state index contributed by atoms with van der Waals surface area (Å²) in [6.07, 6.45) is 7.30. The smallest absolute Gasteiger partial charge is 0.270 e. The first-order chi connectivity index (χ1) is 9.17. The number of amides is 1. The second-order valence-corrected chi connectivity index (χ2v) is 6.85. The Kier molecular flexibility index (Phi) is 3.70. The first-order valence-electron chi connectivity index (χ1n) is 7.32. The van der Waals surface area contributed by atoms with Crippen LogP contribution in [0.1, 0.15) is 43.1 Å². The SMILES string of the molecule is CCn1cc(Br)cc1C(=O)N1CC2CCCC(C2)C1. The predicted octanol–water partition coefficient (Wildman–Crippen LogP) is 3.53. The Morgan fingerprint density at radius 2 is 2.05 bits per heavy atom. The molecule has 2 atom stereocenters. The minimum absolute atomic E-state index is 0.212. The van der Waals surface area contributed by atoms with Crippen molar-refractivity contribution in [3.63, 3.8) is 0 Å². The minimum atomic E-state index is 0.212. The average Bonchev–Trinajstić information content (AvgIpc) is 2.78. The second kappa shape index (κ2) is 5.31. The second-order valence-electron chi connectivity index (χ2n) is 5.94. The molecule has 19 heavy (non-hydrogen) atoms. The molecule has 1 amide bonds. The van der Waals surface area contributed by atoms with Crippen molar-refractivity contribution in [1.29, 1.82) is 0 Å². The van der Waals surface area contributed by atoms with Crippen molar-refractivity contribution in [2.75, 3.05) is 13.1 Å². The summed E-state index contributed by atoms with van der Waals surface area (Å²) in [5.41, 5.74) is 0.828. The number of likely N-dealkylation sites (tertiary alicyclic amines) is 1. The van der Waals surface area contributed by atoms with Crippen LogP contribution in [0.3, 0.4) is 0 Å². The number of aromatic nitrogens is 1. The number of fused-ring (bicyclic) bond motifs is 2. The van der Waals surface area contributed by atoms with E-state index in [0.717, 1.165) is 41.6 Å². The van der Waals surface area contributed by atoms with Crippen LogP contribution in [0.2, 0.25) is 0 Å². The van der Waals surface area contributed by atoms with Crippen LogP contribution in [-0.2, 0) is 6.54 Å². The van der Waals surface area contributed by atoms with Crippen LogP contribution in [0.15, 0.2) is 16.7 Å². The highest BCUT2D eigenvalue weighted by molar-refractivity contribution is 9.10. The molecule has 3 nitrogen and oxygen atoms in total. The molecule has 2 unspecified atom stereocenters. The van der Waals surface area contributed by atoms with Crippen LogP contribution in [0, 0.1) is 11.8 Å². The van der Waals surface area contributed by atoms with Gasteiger partial charge in [-0.1, -0.05) is 6.42 Å². The third-order valence-corrected chi connectivity index (χ3v) is 4.99. The summed E-state index contributed by atoms with van der Waals surface area (Å²) >= 11 is 3.47. The molecule has 2 bridgehead atoms. The number of carbonyl (C=O) groups is 1. The van der Waals surface area contributed by atoms with Crippen molar-refractivity contribution in [2.45, 2.75) is 39.2 Å². The maximum Gasteiger partial charge on any atom is 0.270 e. The lowest BCUT2D eigenvalue weighted by Crippen LogP contribution is -2.46. The molecule has 2 heterocycles. The Balaban J connectivity index is 1.79. The molecule has 0 spiro atoms. The minimum Gasteiger partial charge on any atom is -0.343 e. The number of piperidine rings is 1. The Morgan fingerprint density at radius 1 is 1.37 bits per heavy atom. The Labute approximate surface area is 123 Å². The number of carbonyl (C=O) groups excluding carboxylic acids is 1. The summed E-state index contributed by atoms with van der Waals surface area (Å²) in [6, 6.07) is 1.95. The summed E-state index contributed by atoms with van der Waals surface area (Å²) in [5, 5.41) is 0. The van der Waals surface area contributed by atoms with Gasteiger partial charge in [-0.25, -0.2) is 0 Å². The van der Waals surface area contributed by atoms with Gasteiger partial charge in [-0.2, -0.15) is 0 Å². The monoisotopic (exact) mass is 324 g/mol. The lowest BCUT2D eigenvalue weighted by atomic mass is 9.78. The van der Waals surface area contributed by atoms with Crippen molar-refractivity contribution in [1.82, 2.24) is 9.47 Å². The highest BCUT2D eigenvalue weighted by Crippen LogP contribution is 2.35. The van der Waals surface area contributed by atoms with E-state index < -0.39 is 0 Å². The standard InChI is InChI=1S/C15H21BrN2O/c1-2-17-10-13(16)7-14(17)15(19)18-8-11-4-3-5-12(6-11)9-18/h7,10-12H,2-6,8-9H2,1H3. The molecule has 2 fully saturated rings. The zero-order valence-corrected chi connectivity index (χ0v) is 13.0. The molecule has 1 aliphatic carbocycles. The first kappa shape index (κ1) is 13.2. The van der Waals surface area contributed by atoms with Crippen molar-refractivity contribution in [3.05, 3.63) is 22.4 Å². The van der Waals surface area contributed by atoms with E-state index >= 15 is 0 Å². The van der Waals surface area contributed by atoms with E-state index in [0.29, 0.717) is 0 Å². The van der Waals surface area contributed by atoms with Gasteiger partial charge < -0.3 is 9.47 Å². The van der Waals surface area contributed by atoms with Gasteiger partial charge in [-0.15, -0.1) is 0 Å². The highest BCUT2D eigenvalue weighted by Gasteiger charge is 2.33. The zero-order valence-electron chi connectivity index (χ0n) is 11.4. The molecule has 1 aliphatic heterocycles. The number of hydrogen-bond donors (Lipinski definition) is 0. The lowest BCUT2D eigenvalue weighted by Gasteiger charge is -2.41. The van der Waals surface area contributed by atoms with E-state index in [4.69, 9.17) is 0 Å². The number of aryl methyl sites for hydroxylation is 1. The van der Waals surface area contributed by atoms with E-state index in [1.807, 2.05) is 16.8 Å². The normalized spacial score (nSPS) is 26.5. The molecule has 1 aromatic rings. The van der Waals surface area contributed by atoms with E-state index in [2.05, 4.69) is 27.8 Å². The Bertz CT molecular complexity index is 470. The largest absolute Gasteiger partial charge is 0.343 e. The van der Waals surface area contributed by atoms with E-state index in [1.54, 1.807) is 0 Å². The van der Waals surface area contributed by atoms with Gasteiger partial charge in [0, 0.05) is 30.3 Å². The number of hydrogen-bond acceptors (Lipinski definition) is 1. The fourth-order valence-electron chi connectivity index (χ4n) is 3.68. The van der Waals surface area contributed by atoms with Crippen molar-refractivity contribution < 1.29 is 4.79 Å². The number of nitrogens with zero attached hydrogens (tertiary/aromatic N) is 2. The third kappa shape index (κ3) is 2.60. The molecular weight excluding hydrogens is 304 g/mol. The van der Waals surface area contributed by atoms with Gasteiger partial charge in [-0.05, 0) is 60.0 Å². The maximum atomic E-state index is 12.7. The average molecular weight is 325 g/mol. The van der Waals surface area contributed by atoms with Crippen LogP contribution in [0.25, 0.3) is 0 Å². The lowest BCUT2D eigenvalue weighted by molar-refractivity contribution is 0.0494. The third-order valence-electron chi connectivity index (χ3n) is 4.56. The quantitative estimate of drug-likeness (QED) is 0.816. The predicted molar refractivity (Wildman–Crippen MR) is 79.2 cm³/mol. The number of halogens is 1. The molecule has 2 aliphatic rings. The van der Waals surface area contributed by atoms with E-state index in [1.165, 1.54) is 25.7 Å². The van der Waals surface area contributed by atoms with Crippen LogP contribution in [0.5, 0.6) is 0 Å². The molecular formula is C15H21BrN2O. The summed E-state index contributed by atoms with van der Waals surface area (Å²) in [4.78, 5) is 14.8. The molecule has 3 rings (SSSR count). The molecule has 1 saturated heterocycles. The van der Waals surface area contributed by atoms with E-state index in [9.17, 15) is 4.79 Å². The van der Waals surface area contributed by atoms with Gasteiger partial charge >= 0.3 is 0 Å². The van der Waals surface area contributed by atoms with Crippen LogP contribution < -0.4 is 0 Å². The van der Waals surface area contributed by atoms with Gasteiger partial charge in [0.05, 0.1) is 0 Å². The topological polar surface area (TPSA) is 25.2 Å². The fraction of sp³-hybridized carbons (Fsp3) is 0.667. The first-order valence-corrected chi connectivity index (χ1v) is 8.11. The van der Waals surface area contributed by atoms with Crippen LogP contribution >= 0.6 is 15.9 Å². The van der Waals surface area contributed by atoms with Crippen LogP contribution in [0.4, 0.5) is 0 Å². The highest BCUT2D eigenvalue weighted by atomic mass is 79.9. The summed E-state index contributed by atoms with van der Waals surface area (Å²) in [5.74, 6) is 1.69. The Morgan fingerprint density at radius 3 is 2.68 bits per heavy atom. The van der Waals surface area contributed by atoms with Gasteiger partial charge in [0.15, 0.2) is 0 Å². The Hall–Kier alpha value is -0.770. The number of rotatable bonds is 2. The van der Waals surface area contributed by atoms with Crippen molar-refractivity contribution in [3.8, 4) is 0 Å². The van der Waals surface area contributed by atoms with Gasteiger partial charge in [0.1, 0.15) is 5.69 Å². The summed E-state index contributed by atoms with van der Waals surface area (Å²) in [7, 11) is 0. The fourth-order valence-corrected chi connectivity index (χ4v) is 4.14. The molecule has 1 saturated carbocycles. The molecule has 1 aromatic heterocycles. The molecule has 4 heteroatoms.